The van der Waals surface area contributed by atoms with Gasteiger partial charge in [-0.1, -0.05) is 29.8 Å². The molecule has 2 N–H and O–H groups in total. The Morgan fingerprint density at radius 2 is 2.05 bits per heavy atom. The fraction of sp³-hybridized carbons (Fsp3) is 0.600. The van der Waals surface area contributed by atoms with Crippen LogP contribution in [0.1, 0.15) is 30.1 Å². The van der Waals surface area contributed by atoms with Crippen molar-refractivity contribution >= 4 is 10.0 Å². The molecule has 1 aromatic rings. The number of rotatable bonds is 5. The van der Waals surface area contributed by atoms with Gasteiger partial charge in [0.05, 0.1) is 12.4 Å². The lowest BCUT2D eigenvalue weighted by Gasteiger charge is -2.33. The van der Waals surface area contributed by atoms with E-state index in [1.807, 2.05) is 31.2 Å². The van der Waals surface area contributed by atoms with Crippen molar-refractivity contribution in [2.45, 2.75) is 31.9 Å². The first-order valence-corrected chi connectivity index (χ1v) is 9.17. The van der Waals surface area contributed by atoms with Gasteiger partial charge in [-0.05, 0) is 31.9 Å². The number of aliphatic hydroxyl groups is 1. The first-order valence-electron chi connectivity index (χ1n) is 7.28. The summed E-state index contributed by atoms with van der Waals surface area (Å²) in [6.45, 7) is 4.09. The molecule has 0 bridgehead atoms. The minimum Gasteiger partial charge on any atom is -0.387 e. The molecule has 0 amide bonds. The van der Waals surface area contributed by atoms with Crippen LogP contribution in [0.5, 0.6) is 0 Å². The molecule has 2 rings (SSSR count). The Bertz CT molecular complexity index is 557. The second-order valence-corrected chi connectivity index (χ2v) is 7.70. The molecule has 5 nitrogen and oxygen atoms in total. The van der Waals surface area contributed by atoms with Gasteiger partial charge < -0.3 is 5.11 Å². The lowest BCUT2D eigenvalue weighted by Crippen LogP contribution is -2.48. The van der Waals surface area contributed by atoms with E-state index in [-0.39, 0.29) is 6.04 Å². The van der Waals surface area contributed by atoms with Crippen LogP contribution >= 0.6 is 0 Å². The van der Waals surface area contributed by atoms with Gasteiger partial charge in [0.25, 0.3) is 0 Å². The molecule has 6 heteroatoms. The summed E-state index contributed by atoms with van der Waals surface area (Å²) in [6.07, 6.45) is 2.44. The molecule has 1 aliphatic heterocycles. The number of hydrogen-bond acceptors (Lipinski definition) is 4. The van der Waals surface area contributed by atoms with Crippen LogP contribution in [0.2, 0.25) is 0 Å². The van der Waals surface area contributed by atoms with Gasteiger partial charge in [-0.3, -0.25) is 4.90 Å². The molecule has 0 saturated carbocycles. The van der Waals surface area contributed by atoms with Crippen LogP contribution in [0.4, 0.5) is 0 Å². The summed E-state index contributed by atoms with van der Waals surface area (Å²) >= 11 is 0. The number of β-amino-alcohol motifs (C(OH)–C–C–N with tert-alkyl or cyclic N) is 1. The van der Waals surface area contributed by atoms with Crippen molar-refractivity contribution in [2.75, 3.05) is 25.9 Å². The van der Waals surface area contributed by atoms with Crippen molar-refractivity contribution in [3.63, 3.8) is 0 Å². The topological polar surface area (TPSA) is 69.6 Å². The largest absolute Gasteiger partial charge is 0.387 e. The zero-order valence-electron chi connectivity index (χ0n) is 12.6. The number of aliphatic hydroxyl groups excluding tert-OH is 1. The smallest absolute Gasteiger partial charge is 0.208 e. The summed E-state index contributed by atoms with van der Waals surface area (Å²) in [5, 5.41) is 10.3. The number of benzene rings is 1. The highest BCUT2D eigenvalue weighted by atomic mass is 32.2. The van der Waals surface area contributed by atoms with Gasteiger partial charge in [0, 0.05) is 19.1 Å². The van der Waals surface area contributed by atoms with E-state index in [0.717, 1.165) is 24.9 Å². The molecule has 21 heavy (non-hydrogen) atoms. The van der Waals surface area contributed by atoms with Crippen molar-refractivity contribution in [2.24, 2.45) is 0 Å². The van der Waals surface area contributed by atoms with Crippen LogP contribution in [0, 0.1) is 6.92 Å². The van der Waals surface area contributed by atoms with Gasteiger partial charge in [0.2, 0.25) is 10.0 Å². The number of hydrogen-bond donors (Lipinski definition) is 2. The molecule has 0 spiro atoms. The van der Waals surface area contributed by atoms with E-state index in [1.54, 1.807) is 0 Å². The summed E-state index contributed by atoms with van der Waals surface area (Å²) in [4.78, 5) is 2.12. The maximum atomic E-state index is 11.3. The number of sulfonamides is 1. The molecule has 1 saturated heterocycles. The predicted molar refractivity (Wildman–Crippen MR) is 83.6 cm³/mol. The van der Waals surface area contributed by atoms with Gasteiger partial charge in [-0.15, -0.1) is 0 Å². The number of aryl methyl sites for hydroxylation is 1. The SMILES string of the molecule is Cc1ccc(C(O)CN2CCCC(NS(C)(=O)=O)C2)cc1. The fourth-order valence-electron chi connectivity index (χ4n) is 2.76. The highest BCUT2D eigenvalue weighted by molar-refractivity contribution is 7.88. The third-order valence-corrected chi connectivity index (χ3v) is 4.54. The highest BCUT2D eigenvalue weighted by Crippen LogP contribution is 2.18. The van der Waals surface area contributed by atoms with E-state index in [2.05, 4.69) is 9.62 Å². The molecule has 2 atom stereocenters. The van der Waals surface area contributed by atoms with E-state index in [4.69, 9.17) is 0 Å². The first kappa shape index (κ1) is 16.4. The zero-order chi connectivity index (χ0) is 15.5. The molecule has 0 aromatic heterocycles. The molecule has 1 heterocycles. The van der Waals surface area contributed by atoms with E-state index >= 15 is 0 Å². The molecule has 1 fully saturated rings. The molecule has 2 unspecified atom stereocenters. The predicted octanol–water partition coefficient (Wildman–Crippen LogP) is 1.04. The monoisotopic (exact) mass is 312 g/mol. The molecule has 0 radical (unpaired) electrons. The van der Waals surface area contributed by atoms with Crippen molar-refractivity contribution in [3.05, 3.63) is 35.4 Å². The van der Waals surface area contributed by atoms with Crippen LogP contribution in [-0.2, 0) is 10.0 Å². The third-order valence-electron chi connectivity index (χ3n) is 3.78. The summed E-state index contributed by atoms with van der Waals surface area (Å²) in [7, 11) is -3.17. The standard InChI is InChI=1S/C15H24N2O3S/c1-12-5-7-13(8-6-12)15(18)11-17-9-3-4-14(10-17)16-21(2,19)20/h5-8,14-16,18H,3-4,9-11H2,1-2H3. The van der Waals surface area contributed by atoms with Crippen molar-refractivity contribution in [3.8, 4) is 0 Å². The third kappa shape index (κ3) is 5.39. The van der Waals surface area contributed by atoms with E-state index < -0.39 is 16.1 Å². The van der Waals surface area contributed by atoms with Crippen LogP contribution in [-0.4, -0.2) is 50.4 Å². The Hall–Kier alpha value is -0.950. The molecule has 0 aliphatic carbocycles. The molecular formula is C15H24N2O3S. The average Bonchev–Trinajstić information content (AvgIpc) is 2.37. The molecule has 1 aromatic carbocycles. The normalized spacial score (nSPS) is 22.1. The van der Waals surface area contributed by atoms with E-state index in [9.17, 15) is 13.5 Å². The van der Waals surface area contributed by atoms with Gasteiger partial charge in [0.15, 0.2) is 0 Å². The first-order chi connectivity index (χ1) is 9.83. The maximum absolute atomic E-state index is 11.3. The fourth-order valence-corrected chi connectivity index (χ4v) is 3.56. The average molecular weight is 312 g/mol. The van der Waals surface area contributed by atoms with Crippen molar-refractivity contribution in [1.29, 1.82) is 0 Å². The van der Waals surface area contributed by atoms with E-state index in [0.29, 0.717) is 13.1 Å². The minimum absolute atomic E-state index is 0.0565. The lowest BCUT2D eigenvalue weighted by molar-refractivity contribution is 0.0943. The Labute approximate surface area is 127 Å². The van der Waals surface area contributed by atoms with Crippen molar-refractivity contribution < 1.29 is 13.5 Å². The Balaban J connectivity index is 1.91. The maximum Gasteiger partial charge on any atom is 0.208 e. The zero-order valence-corrected chi connectivity index (χ0v) is 13.4. The quantitative estimate of drug-likeness (QED) is 0.852. The number of piperidine rings is 1. The van der Waals surface area contributed by atoms with Crippen LogP contribution in [0.25, 0.3) is 0 Å². The second-order valence-electron chi connectivity index (χ2n) is 5.92. The van der Waals surface area contributed by atoms with Crippen molar-refractivity contribution in [1.82, 2.24) is 9.62 Å². The van der Waals surface area contributed by atoms with Crippen LogP contribution in [0.15, 0.2) is 24.3 Å². The molecule has 1 aliphatic rings. The van der Waals surface area contributed by atoms with E-state index in [1.165, 1.54) is 11.8 Å². The summed E-state index contributed by atoms with van der Waals surface area (Å²) in [5.74, 6) is 0. The molecule has 118 valence electrons. The van der Waals surface area contributed by atoms with Crippen LogP contribution < -0.4 is 4.72 Å². The van der Waals surface area contributed by atoms with Gasteiger partial charge in [-0.2, -0.15) is 0 Å². The Morgan fingerprint density at radius 3 is 2.67 bits per heavy atom. The number of likely N-dealkylation sites (tertiary alicyclic amines) is 1. The molecular weight excluding hydrogens is 288 g/mol. The summed E-state index contributed by atoms with van der Waals surface area (Å²) < 4.78 is 25.3. The minimum atomic E-state index is -3.17. The highest BCUT2D eigenvalue weighted by Gasteiger charge is 2.24. The van der Waals surface area contributed by atoms with Gasteiger partial charge in [0.1, 0.15) is 0 Å². The second kappa shape index (κ2) is 6.87. The van der Waals surface area contributed by atoms with Gasteiger partial charge in [-0.25, -0.2) is 13.1 Å². The summed E-state index contributed by atoms with van der Waals surface area (Å²) in [6, 6.07) is 7.80. The summed E-state index contributed by atoms with van der Waals surface area (Å²) in [5.41, 5.74) is 2.07. The Morgan fingerprint density at radius 1 is 1.38 bits per heavy atom. The lowest BCUT2D eigenvalue weighted by atomic mass is 10.0. The van der Waals surface area contributed by atoms with Crippen LogP contribution in [0.3, 0.4) is 0 Å². The number of nitrogens with zero attached hydrogens (tertiary/aromatic N) is 1. The Kier molecular flexibility index (Phi) is 5.37. The van der Waals surface area contributed by atoms with Gasteiger partial charge >= 0.3 is 0 Å². The number of nitrogens with one attached hydrogen (secondary N) is 1.